The van der Waals surface area contributed by atoms with Crippen LogP contribution in [0.2, 0.25) is 5.02 Å². The molecule has 0 bridgehead atoms. The van der Waals surface area contributed by atoms with Crippen LogP contribution in [-0.4, -0.2) is 21.0 Å². The summed E-state index contributed by atoms with van der Waals surface area (Å²) in [4.78, 5) is 22.6. The third kappa shape index (κ3) is 4.06. The number of nitrogens with one attached hydrogen (secondary N) is 2. The molecule has 2 aromatic carbocycles. The fourth-order valence-corrected chi connectivity index (χ4v) is 2.68. The topological polar surface area (TPSA) is 125 Å². The van der Waals surface area contributed by atoms with Crippen LogP contribution in [0.15, 0.2) is 60.3 Å². The average molecular weight is 394 g/mol. The van der Waals surface area contributed by atoms with E-state index < -0.39 is 10.8 Å². The third-order valence-corrected chi connectivity index (χ3v) is 4.12. The first-order valence-electron chi connectivity index (χ1n) is 7.95. The quantitative estimate of drug-likeness (QED) is 0.291. The number of anilines is 1. The molecule has 138 valence electrons. The van der Waals surface area contributed by atoms with Crippen LogP contribution < -0.4 is 5.32 Å². The van der Waals surface area contributed by atoms with Gasteiger partial charge in [-0.2, -0.15) is 10.4 Å². The van der Waals surface area contributed by atoms with Crippen LogP contribution in [0.25, 0.3) is 17.3 Å². The lowest BCUT2D eigenvalue weighted by atomic mass is 10.1. The molecule has 0 saturated heterocycles. The Bertz CT molecular complexity index is 1120. The number of amides is 1. The molecule has 0 fully saturated rings. The lowest BCUT2D eigenvalue weighted by Crippen LogP contribution is -2.13. The monoisotopic (exact) mass is 393 g/mol. The predicted octanol–water partition coefficient (Wildman–Crippen LogP) is 4.18. The zero-order valence-corrected chi connectivity index (χ0v) is 15.0. The average Bonchev–Trinajstić information content (AvgIpc) is 3.16. The van der Waals surface area contributed by atoms with Crippen LogP contribution in [0.1, 0.15) is 5.56 Å². The summed E-state index contributed by atoms with van der Waals surface area (Å²) in [5, 5.41) is 29.5. The summed E-state index contributed by atoms with van der Waals surface area (Å²) in [5.74, 6) is -0.696. The van der Waals surface area contributed by atoms with E-state index in [-0.39, 0.29) is 22.0 Å². The molecule has 0 radical (unpaired) electrons. The standard InChI is InChI=1S/C19H12ClN5O3/c20-16-9-15(25(27)28)6-7-17(16)23-19(26)13(10-21)8-14-11-22-24-18(14)12-4-2-1-3-5-12/h1-9,11H,(H,22,24)(H,23,26). The van der Waals surface area contributed by atoms with Gasteiger partial charge in [0.2, 0.25) is 0 Å². The Hall–Kier alpha value is -3.96. The van der Waals surface area contributed by atoms with Crippen molar-refractivity contribution in [2.45, 2.75) is 0 Å². The molecule has 28 heavy (non-hydrogen) atoms. The lowest BCUT2D eigenvalue weighted by Gasteiger charge is -2.06. The molecule has 1 aromatic heterocycles. The first kappa shape index (κ1) is 18.8. The Balaban J connectivity index is 1.87. The summed E-state index contributed by atoms with van der Waals surface area (Å²) in [6, 6.07) is 14.8. The molecule has 0 aliphatic carbocycles. The summed E-state index contributed by atoms with van der Waals surface area (Å²) in [6.45, 7) is 0. The maximum atomic E-state index is 12.5. The van der Waals surface area contributed by atoms with Crippen LogP contribution in [0.3, 0.4) is 0 Å². The zero-order chi connectivity index (χ0) is 20.1. The highest BCUT2D eigenvalue weighted by Gasteiger charge is 2.15. The minimum atomic E-state index is -0.696. The number of hydrogen-bond acceptors (Lipinski definition) is 5. The molecular formula is C19H12ClN5O3. The first-order chi connectivity index (χ1) is 13.5. The van der Waals surface area contributed by atoms with Gasteiger partial charge < -0.3 is 5.32 Å². The van der Waals surface area contributed by atoms with Crippen LogP contribution in [0.4, 0.5) is 11.4 Å². The van der Waals surface area contributed by atoms with E-state index in [1.807, 2.05) is 36.4 Å². The largest absolute Gasteiger partial charge is 0.320 e. The Morgan fingerprint density at radius 1 is 1.29 bits per heavy atom. The molecule has 0 spiro atoms. The van der Waals surface area contributed by atoms with Crippen molar-refractivity contribution in [1.29, 1.82) is 5.26 Å². The number of non-ortho nitro benzene ring substituents is 1. The molecule has 0 unspecified atom stereocenters. The van der Waals surface area contributed by atoms with E-state index in [1.165, 1.54) is 24.4 Å². The highest BCUT2D eigenvalue weighted by atomic mass is 35.5. The Morgan fingerprint density at radius 2 is 2.04 bits per heavy atom. The number of nitro benzene ring substituents is 1. The smallest absolute Gasteiger partial charge is 0.271 e. The molecule has 2 N–H and O–H groups in total. The number of benzene rings is 2. The van der Waals surface area contributed by atoms with Crippen molar-refractivity contribution in [1.82, 2.24) is 10.2 Å². The number of carbonyl (C=O) groups is 1. The Labute approximate surface area is 164 Å². The van der Waals surface area contributed by atoms with E-state index in [0.29, 0.717) is 11.3 Å². The van der Waals surface area contributed by atoms with Gasteiger partial charge in [0.25, 0.3) is 11.6 Å². The van der Waals surface area contributed by atoms with Gasteiger partial charge in [-0.05, 0) is 12.1 Å². The van der Waals surface area contributed by atoms with Crippen LogP contribution >= 0.6 is 11.6 Å². The molecule has 9 heteroatoms. The van der Waals surface area contributed by atoms with Gasteiger partial charge in [-0.1, -0.05) is 41.9 Å². The molecule has 8 nitrogen and oxygen atoms in total. The fraction of sp³-hybridized carbons (Fsp3) is 0. The number of aromatic nitrogens is 2. The SMILES string of the molecule is N#CC(=Cc1cn[nH]c1-c1ccccc1)C(=O)Nc1ccc([N+](=O)[O-])cc1Cl. The van der Waals surface area contributed by atoms with E-state index in [2.05, 4.69) is 15.5 Å². The van der Waals surface area contributed by atoms with E-state index in [1.54, 1.807) is 0 Å². The number of halogens is 1. The van der Waals surface area contributed by atoms with Crippen LogP contribution in [0.5, 0.6) is 0 Å². The summed E-state index contributed by atoms with van der Waals surface area (Å²) in [5.41, 5.74) is 1.86. The molecule has 0 atom stereocenters. The second kappa shape index (κ2) is 8.16. The second-order valence-corrected chi connectivity index (χ2v) is 6.02. The number of nitrogens with zero attached hydrogens (tertiary/aromatic N) is 3. The highest BCUT2D eigenvalue weighted by molar-refractivity contribution is 6.34. The minimum Gasteiger partial charge on any atom is -0.320 e. The predicted molar refractivity (Wildman–Crippen MR) is 104 cm³/mol. The summed E-state index contributed by atoms with van der Waals surface area (Å²) in [7, 11) is 0. The molecule has 1 heterocycles. The number of hydrogen-bond donors (Lipinski definition) is 2. The molecule has 3 aromatic rings. The van der Waals surface area contributed by atoms with Crippen LogP contribution in [-0.2, 0) is 4.79 Å². The number of rotatable bonds is 5. The number of nitro groups is 1. The lowest BCUT2D eigenvalue weighted by molar-refractivity contribution is -0.384. The maximum absolute atomic E-state index is 12.5. The van der Waals surface area contributed by atoms with Crippen molar-refractivity contribution in [3.8, 4) is 17.3 Å². The van der Waals surface area contributed by atoms with Gasteiger partial charge in [0.05, 0.1) is 27.5 Å². The van der Waals surface area contributed by atoms with Crippen molar-refractivity contribution < 1.29 is 9.72 Å². The molecule has 1 amide bonds. The second-order valence-electron chi connectivity index (χ2n) is 5.61. The van der Waals surface area contributed by atoms with Gasteiger partial charge >= 0.3 is 0 Å². The van der Waals surface area contributed by atoms with Crippen molar-refractivity contribution in [2.24, 2.45) is 0 Å². The Morgan fingerprint density at radius 3 is 2.68 bits per heavy atom. The van der Waals surface area contributed by atoms with Crippen molar-refractivity contribution in [2.75, 3.05) is 5.32 Å². The number of H-pyrrole nitrogens is 1. The summed E-state index contributed by atoms with van der Waals surface area (Å²) < 4.78 is 0. The van der Waals surface area contributed by atoms with E-state index in [0.717, 1.165) is 11.6 Å². The van der Waals surface area contributed by atoms with Crippen LogP contribution in [0, 0.1) is 21.4 Å². The minimum absolute atomic E-state index is 0.00637. The third-order valence-electron chi connectivity index (χ3n) is 3.81. The zero-order valence-electron chi connectivity index (χ0n) is 14.2. The van der Waals surface area contributed by atoms with Crippen molar-refractivity contribution in [3.63, 3.8) is 0 Å². The first-order valence-corrected chi connectivity index (χ1v) is 8.33. The Kier molecular flexibility index (Phi) is 5.48. The van der Waals surface area contributed by atoms with Gasteiger partial charge in [-0.25, -0.2) is 0 Å². The van der Waals surface area contributed by atoms with E-state index in [9.17, 15) is 20.2 Å². The molecule has 0 saturated carbocycles. The molecule has 0 aliphatic heterocycles. The fourth-order valence-electron chi connectivity index (χ4n) is 2.45. The van der Waals surface area contributed by atoms with Gasteiger partial charge in [0.1, 0.15) is 11.6 Å². The van der Waals surface area contributed by atoms with Crippen molar-refractivity contribution >= 4 is 35.0 Å². The summed E-state index contributed by atoms with van der Waals surface area (Å²) in [6.07, 6.45) is 2.91. The van der Waals surface area contributed by atoms with Crippen molar-refractivity contribution in [3.05, 3.63) is 81.0 Å². The normalized spacial score (nSPS) is 10.9. The summed E-state index contributed by atoms with van der Waals surface area (Å²) >= 11 is 5.98. The number of carbonyl (C=O) groups excluding carboxylic acids is 1. The number of nitriles is 1. The van der Waals surface area contributed by atoms with Gasteiger partial charge in [0, 0.05) is 23.3 Å². The van der Waals surface area contributed by atoms with Gasteiger partial charge in [0.15, 0.2) is 0 Å². The molecule has 0 aliphatic rings. The highest BCUT2D eigenvalue weighted by Crippen LogP contribution is 2.27. The maximum Gasteiger partial charge on any atom is 0.271 e. The van der Waals surface area contributed by atoms with Gasteiger partial charge in [-0.15, -0.1) is 0 Å². The molecular weight excluding hydrogens is 382 g/mol. The van der Waals surface area contributed by atoms with E-state index in [4.69, 9.17) is 11.6 Å². The number of aromatic amines is 1. The van der Waals surface area contributed by atoms with E-state index >= 15 is 0 Å². The molecule has 3 rings (SSSR count). The van der Waals surface area contributed by atoms with Gasteiger partial charge in [-0.3, -0.25) is 20.0 Å².